The van der Waals surface area contributed by atoms with Gasteiger partial charge in [-0.15, -0.1) is 0 Å². The molecule has 6 heteroatoms. The molecule has 0 saturated carbocycles. The third kappa shape index (κ3) is 3.96. The smallest absolute Gasteiger partial charge is 0.270 e. The Kier molecular flexibility index (Phi) is 5.34. The van der Waals surface area contributed by atoms with Crippen molar-refractivity contribution in [2.24, 2.45) is 0 Å². The minimum Gasteiger partial charge on any atom is -0.354 e. The van der Waals surface area contributed by atoms with Crippen molar-refractivity contribution < 1.29 is 14.3 Å². The monoisotopic (exact) mass is 258 g/mol. The number of amides is 1. The second kappa shape index (κ2) is 6.54. The maximum Gasteiger partial charge on any atom is 0.270 e. The second-order valence-corrected chi connectivity index (χ2v) is 3.90. The third-order valence-electron chi connectivity index (χ3n) is 2.19. The zero-order valence-electron chi connectivity index (χ0n) is 9.94. The number of halogens is 1. The summed E-state index contributed by atoms with van der Waals surface area (Å²) in [6.45, 7) is 1.78. The van der Waals surface area contributed by atoms with Crippen LogP contribution in [0.1, 0.15) is 17.4 Å². The van der Waals surface area contributed by atoms with Gasteiger partial charge in [0, 0.05) is 20.4 Å². The summed E-state index contributed by atoms with van der Waals surface area (Å²) in [5, 5.41) is 3.21. The molecule has 0 aromatic carbocycles. The molecule has 0 aliphatic rings. The Hall–Kier alpha value is -1.17. The van der Waals surface area contributed by atoms with Crippen molar-refractivity contribution in [3.05, 3.63) is 29.0 Å². The standard InChI is InChI=1S/C11H15ClN2O3/c1-7(11(16-2)17-3)14-10(15)9-5-4-8(12)6-13-9/h4-7,11H,1-3H3,(H,14,15). The SMILES string of the molecule is COC(OC)C(C)NC(=O)c1ccc(Cl)cn1. The molecule has 0 fully saturated rings. The van der Waals surface area contributed by atoms with Crippen LogP contribution in [0.5, 0.6) is 0 Å². The summed E-state index contributed by atoms with van der Waals surface area (Å²) >= 11 is 5.68. The number of nitrogens with zero attached hydrogens (tertiary/aromatic N) is 1. The van der Waals surface area contributed by atoms with Gasteiger partial charge in [-0.1, -0.05) is 11.6 Å². The molecule has 1 aromatic heterocycles. The summed E-state index contributed by atoms with van der Waals surface area (Å²) in [4.78, 5) is 15.7. The molecule has 1 heterocycles. The number of carbonyl (C=O) groups excluding carboxylic acids is 1. The van der Waals surface area contributed by atoms with Gasteiger partial charge in [0.1, 0.15) is 5.69 Å². The fraction of sp³-hybridized carbons (Fsp3) is 0.455. The number of nitrogens with one attached hydrogen (secondary N) is 1. The Morgan fingerprint density at radius 3 is 2.53 bits per heavy atom. The highest BCUT2D eigenvalue weighted by atomic mass is 35.5. The van der Waals surface area contributed by atoms with E-state index in [-0.39, 0.29) is 11.9 Å². The molecule has 0 bridgehead atoms. The van der Waals surface area contributed by atoms with Crippen molar-refractivity contribution in [2.45, 2.75) is 19.3 Å². The van der Waals surface area contributed by atoms with Crippen LogP contribution in [0.25, 0.3) is 0 Å². The normalized spacial score (nSPS) is 12.5. The van der Waals surface area contributed by atoms with Gasteiger partial charge in [-0.3, -0.25) is 4.79 Å². The quantitative estimate of drug-likeness (QED) is 0.813. The van der Waals surface area contributed by atoms with Gasteiger partial charge in [0.15, 0.2) is 6.29 Å². The Morgan fingerprint density at radius 1 is 1.41 bits per heavy atom. The minimum atomic E-state index is -0.494. The molecule has 0 saturated heterocycles. The number of rotatable bonds is 5. The molecule has 1 N–H and O–H groups in total. The fourth-order valence-electron chi connectivity index (χ4n) is 1.36. The summed E-state index contributed by atoms with van der Waals surface area (Å²) in [5.74, 6) is -0.298. The van der Waals surface area contributed by atoms with Gasteiger partial charge in [0.2, 0.25) is 0 Å². The van der Waals surface area contributed by atoms with Crippen LogP contribution < -0.4 is 5.32 Å². The number of hydrogen-bond acceptors (Lipinski definition) is 4. The van der Waals surface area contributed by atoms with Crippen LogP contribution in [0.4, 0.5) is 0 Å². The van der Waals surface area contributed by atoms with E-state index in [4.69, 9.17) is 21.1 Å². The number of methoxy groups -OCH3 is 2. The van der Waals surface area contributed by atoms with Crippen molar-refractivity contribution >= 4 is 17.5 Å². The van der Waals surface area contributed by atoms with E-state index in [0.717, 1.165) is 0 Å². The zero-order valence-corrected chi connectivity index (χ0v) is 10.7. The summed E-state index contributed by atoms with van der Waals surface area (Å²) in [6, 6.07) is 2.88. The predicted octanol–water partition coefficient (Wildman–Crippen LogP) is 1.47. The third-order valence-corrected chi connectivity index (χ3v) is 2.42. The average Bonchev–Trinajstić information content (AvgIpc) is 2.31. The Morgan fingerprint density at radius 2 is 2.06 bits per heavy atom. The molecule has 0 aliphatic carbocycles. The first-order valence-electron chi connectivity index (χ1n) is 5.06. The Bertz CT molecular complexity index is 365. The van der Waals surface area contributed by atoms with Gasteiger partial charge in [0.05, 0.1) is 11.1 Å². The lowest BCUT2D eigenvalue weighted by atomic mass is 10.3. The molecular weight excluding hydrogens is 244 g/mol. The molecule has 17 heavy (non-hydrogen) atoms. The van der Waals surface area contributed by atoms with Crippen LogP contribution in [0.3, 0.4) is 0 Å². The highest BCUT2D eigenvalue weighted by Gasteiger charge is 2.19. The van der Waals surface area contributed by atoms with Crippen LogP contribution in [-0.2, 0) is 9.47 Å². The number of aromatic nitrogens is 1. The molecule has 1 aromatic rings. The number of pyridine rings is 1. The zero-order chi connectivity index (χ0) is 12.8. The van der Waals surface area contributed by atoms with E-state index < -0.39 is 6.29 Å². The molecule has 1 amide bonds. The van der Waals surface area contributed by atoms with Crippen molar-refractivity contribution in [2.75, 3.05) is 14.2 Å². The van der Waals surface area contributed by atoms with Gasteiger partial charge in [-0.2, -0.15) is 0 Å². The maximum absolute atomic E-state index is 11.8. The van der Waals surface area contributed by atoms with Crippen LogP contribution in [-0.4, -0.2) is 37.4 Å². The van der Waals surface area contributed by atoms with Gasteiger partial charge >= 0.3 is 0 Å². The van der Waals surface area contributed by atoms with Crippen LogP contribution in [0.15, 0.2) is 18.3 Å². The molecule has 0 radical (unpaired) electrons. The van der Waals surface area contributed by atoms with Crippen molar-refractivity contribution in [1.29, 1.82) is 0 Å². The highest BCUT2D eigenvalue weighted by Crippen LogP contribution is 2.07. The fourth-order valence-corrected chi connectivity index (χ4v) is 1.48. The Labute approximate surface area is 105 Å². The summed E-state index contributed by atoms with van der Waals surface area (Å²) < 4.78 is 10.1. The predicted molar refractivity (Wildman–Crippen MR) is 64.0 cm³/mol. The van der Waals surface area contributed by atoms with E-state index in [2.05, 4.69) is 10.3 Å². The van der Waals surface area contributed by atoms with E-state index in [1.54, 1.807) is 19.1 Å². The van der Waals surface area contributed by atoms with E-state index in [1.165, 1.54) is 20.4 Å². The topological polar surface area (TPSA) is 60.5 Å². The average molecular weight is 259 g/mol. The number of ether oxygens (including phenoxy) is 2. The molecule has 1 atom stereocenters. The van der Waals surface area contributed by atoms with E-state index in [9.17, 15) is 4.79 Å². The maximum atomic E-state index is 11.8. The Balaban J connectivity index is 2.62. The lowest BCUT2D eigenvalue weighted by molar-refractivity contribution is -0.117. The molecule has 94 valence electrons. The lowest BCUT2D eigenvalue weighted by Gasteiger charge is -2.21. The molecule has 0 spiro atoms. The molecule has 1 rings (SSSR count). The first kappa shape index (κ1) is 13.9. The lowest BCUT2D eigenvalue weighted by Crippen LogP contribution is -2.43. The van der Waals surface area contributed by atoms with E-state index in [1.807, 2.05) is 0 Å². The first-order valence-corrected chi connectivity index (χ1v) is 5.44. The van der Waals surface area contributed by atoms with Crippen molar-refractivity contribution in [3.8, 4) is 0 Å². The van der Waals surface area contributed by atoms with Crippen LogP contribution in [0, 0.1) is 0 Å². The van der Waals surface area contributed by atoms with Gasteiger partial charge < -0.3 is 14.8 Å². The molecule has 1 unspecified atom stereocenters. The number of hydrogen-bond donors (Lipinski definition) is 1. The van der Waals surface area contributed by atoms with Crippen LogP contribution >= 0.6 is 11.6 Å². The number of carbonyl (C=O) groups is 1. The minimum absolute atomic E-state index is 0.282. The van der Waals surface area contributed by atoms with Gasteiger partial charge in [0.25, 0.3) is 5.91 Å². The molecular formula is C11H15ClN2O3. The van der Waals surface area contributed by atoms with Crippen LogP contribution in [0.2, 0.25) is 5.02 Å². The summed E-state index contributed by atoms with van der Waals surface area (Å²) in [5.41, 5.74) is 0.298. The largest absolute Gasteiger partial charge is 0.354 e. The highest BCUT2D eigenvalue weighted by molar-refractivity contribution is 6.30. The second-order valence-electron chi connectivity index (χ2n) is 3.46. The van der Waals surface area contributed by atoms with Gasteiger partial charge in [-0.25, -0.2) is 4.98 Å². The first-order chi connectivity index (χ1) is 8.08. The van der Waals surface area contributed by atoms with Crippen molar-refractivity contribution in [3.63, 3.8) is 0 Å². The van der Waals surface area contributed by atoms with E-state index in [0.29, 0.717) is 10.7 Å². The summed E-state index contributed by atoms with van der Waals surface area (Å²) in [6.07, 6.45) is 0.928. The van der Waals surface area contributed by atoms with E-state index >= 15 is 0 Å². The van der Waals surface area contributed by atoms with Gasteiger partial charge in [-0.05, 0) is 19.1 Å². The van der Waals surface area contributed by atoms with Crippen molar-refractivity contribution in [1.82, 2.24) is 10.3 Å². The molecule has 0 aliphatic heterocycles. The summed E-state index contributed by atoms with van der Waals surface area (Å²) in [7, 11) is 3.02. The molecule has 5 nitrogen and oxygen atoms in total.